The van der Waals surface area contributed by atoms with Crippen molar-refractivity contribution in [3.05, 3.63) is 136 Å². The Kier molecular flexibility index (Phi) is 9.69. The van der Waals surface area contributed by atoms with Gasteiger partial charge in [0.05, 0.1) is 22.4 Å². The first-order valence-electron chi connectivity index (χ1n) is 14.2. The normalized spacial score (nSPS) is 11.3. The van der Waals surface area contributed by atoms with Gasteiger partial charge in [0.25, 0.3) is 11.8 Å². The number of hydrogen-bond donors (Lipinski definition) is 5. The van der Waals surface area contributed by atoms with Gasteiger partial charge in [-0.05, 0) is 65.9 Å². The van der Waals surface area contributed by atoms with E-state index >= 15 is 0 Å². The van der Waals surface area contributed by atoms with E-state index in [4.69, 9.17) is 0 Å². The first-order valence-corrected chi connectivity index (χ1v) is 15.0. The summed E-state index contributed by atoms with van der Waals surface area (Å²) in [6.45, 7) is 3.57. The van der Waals surface area contributed by atoms with Crippen LogP contribution >= 0.6 is 11.3 Å². The average molecular weight is 631 g/mol. The van der Waals surface area contributed by atoms with Gasteiger partial charge >= 0.3 is 0 Å². The van der Waals surface area contributed by atoms with Crippen LogP contribution in [0.2, 0.25) is 0 Å². The van der Waals surface area contributed by atoms with Gasteiger partial charge in [-0.25, -0.2) is 10.9 Å². The van der Waals surface area contributed by atoms with Gasteiger partial charge in [-0.1, -0.05) is 72.8 Å². The number of carbonyl (C=O) groups is 2. The van der Waals surface area contributed by atoms with Crippen molar-refractivity contribution in [3.8, 4) is 17.2 Å². The summed E-state index contributed by atoms with van der Waals surface area (Å²) in [5.74, 6) is -0.609. The van der Waals surface area contributed by atoms with E-state index in [1.807, 2.05) is 79.0 Å². The van der Waals surface area contributed by atoms with Gasteiger partial charge in [-0.3, -0.25) is 9.59 Å². The predicted molar refractivity (Wildman–Crippen MR) is 183 cm³/mol. The van der Waals surface area contributed by atoms with Gasteiger partial charge in [-0.15, -0.1) is 11.3 Å². The number of rotatable bonds is 6. The topological polar surface area (TPSA) is 144 Å². The van der Waals surface area contributed by atoms with Gasteiger partial charge in [-0.2, -0.15) is 10.2 Å². The second-order valence-corrected chi connectivity index (χ2v) is 11.1. The molecule has 0 bridgehead atoms. The summed E-state index contributed by atoms with van der Waals surface area (Å²) in [6.07, 6.45) is 1.45. The number of aryl methyl sites for hydroxylation is 1. The maximum Gasteiger partial charge on any atom is 0.281 e. The zero-order valence-corrected chi connectivity index (χ0v) is 25.7. The van der Waals surface area contributed by atoms with E-state index in [-0.39, 0.29) is 28.7 Å². The minimum Gasteiger partial charge on any atom is -0.507 e. The van der Waals surface area contributed by atoms with Crippen molar-refractivity contribution in [1.82, 2.24) is 10.9 Å². The smallest absolute Gasteiger partial charge is 0.281 e. The number of nitrogens with one attached hydrogen (secondary N) is 2. The monoisotopic (exact) mass is 630 g/mol. The molecule has 1 aromatic heterocycles. The van der Waals surface area contributed by atoms with Crippen molar-refractivity contribution in [2.45, 2.75) is 13.8 Å². The summed E-state index contributed by atoms with van der Waals surface area (Å²) >= 11 is 1.37. The summed E-state index contributed by atoms with van der Waals surface area (Å²) in [5, 5.41) is 43.5. The first-order chi connectivity index (χ1) is 22.2. The van der Waals surface area contributed by atoms with Crippen molar-refractivity contribution >= 4 is 56.6 Å². The zero-order valence-electron chi connectivity index (χ0n) is 24.9. The lowest BCUT2D eigenvalue weighted by molar-refractivity contribution is 0.0946. The number of amides is 2. The summed E-state index contributed by atoms with van der Waals surface area (Å²) in [7, 11) is 0. The molecule has 0 aliphatic heterocycles. The first kappa shape index (κ1) is 31.4. The third-order valence-corrected chi connectivity index (χ3v) is 8.15. The Bertz CT molecular complexity index is 2120. The molecule has 0 aliphatic carbocycles. The molecule has 0 unspecified atom stereocenters. The van der Waals surface area contributed by atoms with Crippen LogP contribution < -0.4 is 10.9 Å². The second-order valence-electron chi connectivity index (χ2n) is 10.2. The number of aromatic hydroxyl groups is 3. The quantitative estimate of drug-likeness (QED) is 0.0987. The number of hydrogen-bond acceptors (Lipinski definition) is 8. The van der Waals surface area contributed by atoms with Crippen LogP contribution in [0.1, 0.15) is 43.6 Å². The lowest BCUT2D eigenvalue weighted by Gasteiger charge is -2.08. The van der Waals surface area contributed by atoms with Crippen molar-refractivity contribution in [1.29, 1.82) is 0 Å². The number of hydrazone groups is 2. The van der Waals surface area contributed by atoms with E-state index in [2.05, 4.69) is 21.1 Å². The number of benzene rings is 5. The molecule has 230 valence electrons. The molecule has 0 spiro atoms. The Hall–Kier alpha value is -6.00. The molecule has 46 heavy (non-hydrogen) atoms. The largest absolute Gasteiger partial charge is 0.507 e. The summed E-state index contributed by atoms with van der Waals surface area (Å²) in [5.41, 5.74) is 7.48. The Balaban J connectivity index is 0.000000182. The number of phenols is 3. The highest BCUT2D eigenvalue weighted by atomic mass is 32.1. The van der Waals surface area contributed by atoms with Gasteiger partial charge in [0.1, 0.15) is 17.2 Å². The summed E-state index contributed by atoms with van der Waals surface area (Å²) < 4.78 is 0. The molecule has 0 saturated carbocycles. The van der Waals surface area contributed by atoms with Gasteiger partial charge in [0, 0.05) is 21.9 Å². The average Bonchev–Trinajstić information content (AvgIpc) is 3.51. The summed E-state index contributed by atoms with van der Waals surface area (Å²) in [6, 6.07) is 30.4. The fourth-order valence-electron chi connectivity index (χ4n) is 4.66. The second kappa shape index (κ2) is 14.2. The zero-order chi connectivity index (χ0) is 32.6. The van der Waals surface area contributed by atoms with Crippen LogP contribution in [0.4, 0.5) is 0 Å². The number of para-hydroxylation sites is 1. The van der Waals surface area contributed by atoms with Crippen molar-refractivity contribution < 1.29 is 24.9 Å². The number of phenolic OH excluding ortho intramolecular Hbond substituents is 3. The van der Waals surface area contributed by atoms with E-state index in [0.717, 1.165) is 27.1 Å². The molecule has 5 aromatic carbocycles. The lowest BCUT2D eigenvalue weighted by atomic mass is 10.0. The third-order valence-electron chi connectivity index (χ3n) is 7.13. The van der Waals surface area contributed by atoms with Gasteiger partial charge in [0.15, 0.2) is 0 Å². The Morgan fingerprint density at radius 2 is 1.33 bits per heavy atom. The Labute approximate surface area is 268 Å². The van der Waals surface area contributed by atoms with Crippen LogP contribution in [0.3, 0.4) is 0 Å². The molecule has 9 nitrogen and oxygen atoms in total. The fraction of sp³-hybridized carbons (Fsp3) is 0.0556. The fourth-order valence-corrected chi connectivity index (χ4v) is 5.48. The van der Waals surface area contributed by atoms with E-state index in [1.54, 1.807) is 31.2 Å². The molecule has 0 radical (unpaired) electrons. The molecule has 0 atom stereocenters. The number of carbonyl (C=O) groups excluding carboxylic acids is 2. The van der Waals surface area contributed by atoms with E-state index in [1.165, 1.54) is 29.7 Å². The molecule has 2 amide bonds. The molecule has 6 rings (SSSR count). The standard InChI is InChI=1S/C19H16N2O3.C17H14N2O2S/c1-12(20-21-19(24)16-8-4-5-9-17(16)22)14-11-10-13-6-2-3-7-15(13)18(14)23;1-11-8-9-22-16(11)17(21)19-18-10-13-7-6-12-4-2-3-5-14(12)15(13)20/h2-11,22-23H,1H3,(H,21,24);2-10,20H,1H3,(H,19,21)/b20-12+;18-10+. The van der Waals surface area contributed by atoms with Crippen LogP contribution in [0.15, 0.2) is 119 Å². The third kappa shape index (κ3) is 7.03. The Morgan fingerprint density at radius 1 is 0.696 bits per heavy atom. The van der Waals surface area contributed by atoms with Crippen LogP contribution in [0.25, 0.3) is 21.5 Å². The molecule has 10 heteroatoms. The molecule has 0 saturated heterocycles. The van der Waals surface area contributed by atoms with Crippen LogP contribution in [-0.4, -0.2) is 39.1 Å². The maximum absolute atomic E-state index is 12.1. The Morgan fingerprint density at radius 3 is 2.00 bits per heavy atom. The molecule has 6 aromatic rings. The van der Waals surface area contributed by atoms with E-state index in [0.29, 0.717) is 21.7 Å². The molecule has 0 fully saturated rings. The molecular weight excluding hydrogens is 600 g/mol. The number of nitrogens with zero attached hydrogens (tertiary/aromatic N) is 2. The lowest BCUT2D eigenvalue weighted by Crippen LogP contribution is -2.19. The maximum atomic E-state index is 12.1. The summed E-state index contributed by atoms with van der Waals surface area (Å²) in [4.78, 5) is 24.6. The van der Waals surface area contributed by atoms with Crippen LogP contribution in [0, 0.1) is 6.92 Å². The van der Waals surface area contributed by atoms with Crippen molar-refractivity contribution in [2.24, 2.45) is 10.2 Å². The van der Waals surface area contributed by atoms with Crippen molar-refractivity contribution in [3.63, 3.8) is 0 Å². The highest BCUT2D eigenvalue weighted by molar-refractivity contribution is 7.12. The predicted octanol–water partition coefficient (Wildman–Crippen LogP) is 7.08. The molecule has 1 heterocycles. The van der Waals surface area contributed by atoms with Crippen LogP contribution in [-0.2, 0) is 0 Å². The molecular formula is C36H30N4O5S. The van der Waals surface area contributed by atoms with E-state index in [9.17, 15) is 24.9 Å². The van der Waals surface area contributed by atoms with Gasteiger partial charge < -0.3 is 15.3 Å². The van der Waals surface area contributed by atoms with Crippen molar-refractivity contribution in [2.75, 3.05) is 0 Å². The highest BCUT2D eigenvalue weighted by Gasteiger charge is 2.12. The molecule has 5 N–H and O–H groups in total. The number of fused-ring (bicyclic) bond motifs is 2. The minimum absolute atomic E-state index is 0.114. The minimum atomic E-state index is -0.521. The number of thiophene rings is 1. The van der Waals surface area contributed by atoms with Crippen LogP contribution in [0.5, 0.6) is 17.2 Å². The molecule has 0 aliphatic rings. The van der Waals surface area contributed by atoms with E-state index < -0.39 is 5.91 Å². The highest BCUT2D eigenvalue weighted by Crippen LogP contribution is 2.29. The SMILES string of the molecule is C/C(=N\NC(=O)c1ccccc1O)c1ccc2ccccc2c1O.Cc1ccsc1C(=O)N/N=C/c1ccc2ccccc2c1O. The van der Waals surface area contributed by atoms with Gasteiger partial charge in [0.2, 0.25) is 0 Å².